The third kappa shape index (κ3) is 1.49. The van der Waals surface area contributed by atoms with Crippen molar-refractivity contribution in [3.63, 3.8) is 0 Å². The van der Waals surface area contributed by atoms with Crippen LogP contribution in [0.3, 0.4) is 0 Å². The summed E-state index contributed by atoms with van der Waals surface area (Å²) in [5.41, 5.74) is 1.39. The number of rotatable bonds is 3. The van der Waals surface area contributed by atoms with Crippen LogP contribution < -0.4 is 0 Å². The van der Waals surface area contributed by atoms with Gasteiger partial charge in [0.1, 0.15) is 0 Å². The first-order chi connectivity index (χ1) is 8.77. The minimum atomic E-state index is 0.321. The average molecular weight is 243 g/mol. The fourth-order valence-corrected chi connectivity index (χ4v) is 5.12. The van der Waals surface area contributed by atoms with Crippen molar-refractivity contribution < 1.29 is 0 Å². The summed E-state index contributed by atoms with van der Waals surface area (Å²) in [7, 11) is 0. The zero-order valence-corrected chi connectivity index (χ0v) is 10.9. The predicted molar refractivity (Wildman–Crippen MR) is 70.1 cm³/mol. The van der Waals surface area contributed by atoms with E-state index < -0.39 is 0 Å². The van der Waals surface area contributed by atoms with E-state index in [9.17, 15) is 0 Å². The van der Waals surface area contributed by atoms with E-state index in [4.69, 9.17) is 0 Å². The Morgan fingerprint density at radius 1 is 1.22 bits per heavy atom. The third-order valence-electron chi connectivity index (χ3n) is 5.39. The normalized spacial score (nSPS) is 41.2. The molecule has 3 heteroatoms. The van der Waals surface area contributed by atoms with Gasteiger partial charge >= 0.3 is 0 Å². The Morgan fingerprint density at radius 3 is 2.39 bits per heavy atom. The number of hydrogen-bond acceptors (Lipinski definition) is 2. The summed E-state index contributed by atoms with van der Waals surface area (Å²) in [6.07, 6.45) is 13.4. The molecule has 0 atom stereocenters. The molecule has 0 unspecified atom stereocenters. The topological polar surface area (TPSA) is 30.7 Å². The maximum Gasteiger partial charge on any atom is 0.0864 e. The van der Waals surface area contributed by atoms with Gasteiger partial charge in [-0.25, -0.2) is 4.68 Å². The summed E-state index contributed by atoms with van der Waals surface area (Å²) in [5.74, 6) is 2.88. The second-order valence-corrected chi connectivity index (χ2v) is 6.79. The molecule has 18 heavy (non-hydrogen) atoms. The van der Waals surface area contributed by atoms with Gasteiger partial charge < -0.3 is 0 Å². The molecule has 0 spiro atoms. The molecule has 0 amide bonds. The fourth-order valence-electron chi connectivity index (χ4n) is 5.12. The van der Waals surface area contributed by atoms with E-state index in [2.05, 4.69) is 27.8 Å². The predicted octanol–water partition coefficient (Wildman–Crippen LogP) is 2.93. The molecule has 0 saturated heterocycles. The molecule has 1 aromatic heterocycles. The molecular weight excluding hydrogens is 222 g/mol. The largest absolute Gasteiger partial charge is 0.246 e. The van der Waals surface area contributed by atoms with Crippen molar-refractivity contribution in [1.82, 2.24) is 15.0 Å². The van der Waals surface area contributed by atoms with Gasteiger partial charge in [-0.05, 0) is 56.3 Å². The highest BCUT2D eigenvalue weighted by atomic mass is 15.5. The van der Waals surface area contributed by atoms with Gasteiger partial charge in [-0.3, -0.25) is 0 Å². The van der Waals surface area contributed by atoms with E-state index in [1.807, 2.05) is 6.08 Å². The van der Waals surface area contributed by atoms with Gasteiger partial charge in [0.25, 0.3) is 0 Å². The Bertz CT molecular complexity index is 439. The van der Waals surface area contributed by atoms with Crippen LogP contribution in [0.15, 0.2) is 18.9 Å². The quantitative estimate of drug-likeness (QED) is 0.764. The van der Waals surface area contributed by atoms with Crippen molar-refractivity contribution in [2.24, 2.45) is 17.8 Å². The molecule has 5 rings (SSSR count). The van der Waals surface area contributed by atoms with E-state index >= 15 is 0 Å². The van der Waals surface area contributed by atoms with Crippen LogP contribution in [0.2, 0.25) is 0 Å². The molecule has 1 aromatic rings. The molecule has 0 aliphatic heterocycles. The molecule has 4 bridgehead atoms. The van der Waals surface area contributed by atoms with Gasteiger partial charge in [0, 0.05) is 12.6 Å². The van der Waals surface area contributed by atoms with E-state index in [0.717, 1.165) is 29.9 Å². The van der Waals surface area contributed by atoms with Gasteiger partial charge in [-0.2, -0.15) is 0 Å². The van der Waals surface area contributed by atoms with Crippen molar-refractivity contribution in [3.05, 3.63) is 24.5 Å². The summed E-state index contributed by atoms with van der Waals surface area (Å²) in [5, 5.41) is 8.75. The van der Waals surface area contributed by atoms with Crippen molar-refractivity contribution in [1.29, 1.82) is 0 Å². The van der Waals surface area contributed by atoms with Gasteiger partial charge in [0.15, 0.2) is 0 Å². The van der Waals surface area contributed by atoms with Crippen LogP contribution in [0.4, 0.5) is 0 Å². The smallest absolute Gasteiger partial charge is 0.0864 e. The lowest BCUT2D eigenvalue weighted by atomic mass is 9.53. The SMILES string of the molecule is C=CCc1cn(C23CC4CC(CC(C4)C2)C3)nn1. The molecule has 4 aliphatic rings. The molecule has 0 N–H and O–H groups in total. The maximum absolute atomic E-state index is 4.44. The fraction of sp³-hybridized carbons (Fsp3) is 0.733. The van der Waals surface area contributed by atoms with Crippen molar-refractivity contribution in [2.45, 2.75) is 50.5 Å². The Morgan fingerprint density at radius 2 is 1.83 bits per heavy atom. The van der Waals surface area contributed by atoms with E-state index in [-0.39, 0.29) is 0 Å². The third-order valence-corrected chi connectivity index (χ3v) is 5.39. The highest BCUT2D eigenvalue weighted by Crippen LogP contribution is 2.58. The summed E-state index contributed by atoms with van der Waals surface area (Å²) < 4.78 is 2.22. The van der Waals surface area contributed by atoms with Crippen molar-refractivity contribution in [2.75, 3.05) is 0 Å². The van der Waals surface area contributed by atoms with Crippen molar-refractivity contribution in [3.8, 4) is 0 Å². The summed E-state index contributed by atoms with van der Waals surface area (Å²) in [6, 6.07) is 0. The first kappa shape index (κ1) is 10.8. The molecule has 0 aromatic carbocycles. The van der Waals surface area contributed by atoms with Crippen molar-refractivity contribution >= 4 is 0 Å². The number of allylic oxidation sites excluding steroid dienone is 1. The molecule has 1 heterocycles. The average Bonchev–Trinajstić information content (AvgIpc) is 2.77. The number of nitrogens with zero attached hydrogens (tertiary/aromatic N) is 3. The van der Waals surface area contributed by atoms with Crippen LogP contribution in [-0.4, -0.2) is 15.0 Å². The van der Waals surface area contributed by atoms with Crippen LogP contribution >= 0.6 is 0 Å². The molecule has 3 nitrogen and oxygen atoms in total. The second kappa shape index (κ2) is 3.69. The maximum atomic E-state index is 4.44. The lowest BCUT2D eigenvalue weighted by molar-refractivity contribution is -0.0502. The van der Waals surface area contributed by atoms with E-state index in [1.54, 1.807) is 0 Å². The summed E-state index contributed by atoms with van der Waals surface area (Å²) in [4.78, 5) is 0. The lowest BCUT2D eigenvalue weighted by Crippen LogP contribution is -2.52. The highest BCUT2D eigenvalue weighted by molar-refractivity contribution is 5.07. The molecule has 0 radical (unpaired) electrons. The zero-order valence-electron chi connectivity index (χ0n) is 10.9. The first-order valence-corrected chi connectivity index (χ1v) is 7.30. The monoisotopic (exact) mass is 243 g/mol. The zero-order chi connectivity index (χ0) is 12.2. The van der Waals surface area contributed by atoms with E-state index in [1.165, 1.54) is 38.5 Å². The highest BCUT2D eigenvalue weighted by Gasteiger charge is 2.52. The minimum absolute atomic E-state index is 0.321. The summed E-state index contributed by atoms with van der Waals surface area (Å²) in [6.45, 7) is 3.78. The Hall–Kier alpha value is -1.12. The van der Waals surface area contributed by atoms with Crippen LogP contribution in [0.5, 0.6) is 0 Å². The number of hydrogen-bond donors (Lipinski definition) is 0. The van der Waals surface area contributed by atoms with Crippen LogP contribution in [0.1, 0.15) is 44.2 Å². The lowest BCUT2D eigenvalue weighted by Gasteiger charge is -2.56. The molecule has 4 aliphatic carbocycles. The van der Waals surface area contributed by atoms with Crippen LogP contribution in [0.25, 0.3) is 0 Å². The van der Waals surface area contributed by atoms with Crippen LogP contribution in [0, 0.1) is 17.8 Å². The van der Waals surface area contributed by atoms with Gasteiger partial charge in [-0.1, -0.05) is 11.3 Å². The van der Waals surface area contributed by atoms with Gasteiger partial charge in [0.2, 0.25) is 0 Å². The van der Waals surface area contributed by atoms with Crippen LogP contribution in [-0.2, 0) is 12.0 Å². The minimum Gasteiger partial charge on any atom is -0.246 e. The molecule has 4 fully saturated rings. The molecule has 4 saturated carbocycles. The summed E-state index contributed by atoms with van der Waals surface area (Å²) >= 11 is 0. The standard InChI is InChI=1S/C15H21N3/c1-2-3-14-10-18(17-16-14)15-7-11-4-12(8-15)6-13(5-11)9-15/h2,10-13H,1,3-9H2. The van der Waals surface area contributed by atoms with E-state index in [0.29, 0.717) is 5.54 Å². The Balaban J connectivity index is 1.67. The van der Waals surface area contributed by atoms with Gasteiger partial charge in [0.05, 0.1) is 11.2 Å². The molecular formula is C15H21N3. The second-order valence-electron chi connectivity index (χ2n) is 6.79. The Kier molecular flexibility index (Phi) is 2.21. The number of aromatic nitrogens is 3. The van der Waals surface area contributed by atoms with Gasteiger partial charge in [-0.15, -0.1) is 11.7 Å². The molecule has 96 valence electrons. The Labute approximate surface area is 108 Å². The first-order valence-electron chi connectivity index (χ1n) is 7.30.